The number of carbonyl (C=O) groups is 1. The van der Waals surface area contributed by atoms with Crippen molar-refractivity contribution in [2.24, 2.45) is 0 Å². The number of aromatic nitrogens is 1. The molecule has 2 aromatic heterocycles. The van der Waals surface area contributed by atoms with Gasteiger partial charge in [-0.15, -0.1) is 11.3 Å². The average Bonchev–Trinajstić information content (AvgIpc) is 2.70. The van der Waals surface area contributed by atoms with Crippen LogP contribution in [0.1, 0.15) is 16.6 Å². The minimum absolute atomic E-state index is 0.0832. The van der Waals surface area contributed by atoms with Crippen molar-refractivity contribution in [3.05, 3.63) is 41.2 Å². The van der Waals surface area contributed by atoms with E-state index in [1.807, 2.05) is 44.3 Å². The molecule has 0 saturated heterocycles. The second-order valence-corrected chi connectivity index (χ2v) is 5.21. The summed E-state index contributed by atoms with van der Waals surface area (Å²) in [7, 11) is 3.82. The van der Waals surface area contributed by atoms with Gasteiger partial charge in [-0.05, 0) is 19.1 Å². The Hall–Kier alpha value is -1.68. The number of hydrogen-bond donors (Lipinski definition) is 0. The van der Waals surface area contributed by atoms with Gasteiger partial charge in [0.15, 0.2) is 5.78 Å². The van der Waals surface area contributed by atoms with Crippen LogP contribution in [0.4, 0.5) is 0 Å². The van der Waals surface area contributed by atoms with Gasteiger partial charge in [-0.25, -0.2) is 0 Å². The summed E-state index contributed by atoms with van der Waals surface area (Å²) in [5, 5.41) is 1.03. The van der Waals surface area contributed by atoms with Gasteiger partial charge >= 0.3 is 0 Å². The minimum Gasteiger partial charge on any atom is -0.383 e. The fourth-order valence-corrected chi connectivity index (χ4v) is 2.67. The first-order valence-corrected chi connectivity index (χ1v) is 6.12. The van der Waals surface area contributed by atoms with Gasteiger partial charge in [-0.2, -0.15) is 0 Å². The molecule has 0 N–H and O–H groups in total. The Balaban J connectivity index is 2.37. The van der Waals surface area contributed by atoms with Gasteiger partial charge in [0.1, 0.15) is 0 Å². The highest BCUT2D eigenvalue weighted by molar-refractivity contribution is 7.21. The molecule has 3 nitrogen and oxygen atoms in total. The maximum atomic E-state index is 12.1. The minimum atomic E-state index is 0.0832. The van der Waals surface area contributed by atoms with Crippen molar-refractivity contribution < 1.29 is 4.79 Å². The van der Waals surface area contributed by atoms with Gasteiger partial charge in [0.05, 0.1) is 4.88 Å². The summed E-state index contributed by atoms with van der Waals surface area (Å²) in [4.78, 5) is 18.8. The Labute approximate surface area is 104 Å². The van der Waals surface area contributed by atoms with Crippen LogP contribution in [-0.4, -0.2) is 29.8 Å². The van der Waals surface area contributed by atoms with Crippen LogP contribution < -0.4 is 0 Å². The van der Waals surface area contributed by atoms with E-state index < -0.39 is 0 Å². The fourth-order valence-electron chi connectivity index (χ4n) is 1.64. The van der Waals surface area contributed by atoms with Crippen LogP contribution in [0, 0.1) is 0 Å². The van der Waals surface area contributed by atoms with Gasteiger partial charge in [0, 0.05) is 48.3 Å². The van der Waals surface area contributed by atoms with Gasteiger partial charge in [-0.3, -0.25) is 9.78 Å². The highest BCUT2D eigenvalue weighted by Crippen LogP contribution is 2.26. The molecular formula is C13H14N2OS. The zero-order valence-electron chi connectivity index (χ0n) is 10.1. The van der Waals surface area contributed by atoms with Crippen LogP contribution in [-0.2, 0) is 0 Å². The SMILES string of the molecule is CC(=CN(C)C)C(=O)c1cc2cnccc2s1. The molecule has 88 valence electrons. The number of ketones is 1. The number of pyridine rings is 1. The number of allylic oxidation sites excluding steroid dienone is 1. The molecule has 0 bridgehead atoms. The highest BCUT2D eigenvalue weighted by Gasteiger charge is 2.12. The summed E-state index contributed by atoms with van der Waals surface area (Å²) in [5.74, 6) is 0.0832. The quantitative estimate of drug-likeness (QED) is 0.616. The molecule has 0 saturated carbocycles. The monoisotopic (exact) mass is 246 g/mol. The Bertz CT molecular complexity index is 551. The van der Waals surface area contributed by atoms with Gasteiger partial charge < -0.3 is 4.90 Å². The number of nitrogens with zero attached hydrogens (tertiary/aromatic N) is 2. The molecular weight excluding hydrogens is 232 g/mol. The maximum Gasteiger partial charge on any atom is 0.200 e. The van der Waals surface area contributed by atoms with Gasteiger partial charge in [0.2, 0.25) is 0 Å². The first-order valence-electron chi connectivity index (χ1n) is 5.31. The molecule has 0 spiro atoms. The number of Topliss-reactive ketones (excluding diaryl/α,β-unsaturated/α-hetero) is 1. The van der Waals surface area contributed by atoms with Crippen LogP contribution >= 0.6 is 11.3 Å². The van der Waals surface area contributed by atoms with Crippen molar-refractivity contribution in [1.29, 1.82) is 0 Å². The normalized spacial score (nSPS) is 11.8. The van der Waals surface area contributed by atoms with Crippen molar-refractivity contribution >= 4 is 27.2 Å². The van der Waals surface area contributed by atoms with Crippen LogP contribution in [0.15, 0.2) is 36.3 Å². The van der Waals surface area contributed by atoms with E-state index in [1.54, 1.807) is 12.4 Å². The smallest absolute Gasteiger partial charge is 0.200 e. The lowest BCUT2D eigenvalue weighted by Crippen LogP contribution is -2.06. The summed E-state index contributed by atoms with van der Waals surface area (Å²) >= 11 is 1.51. The van der Waals surface area contributed by atoms with Crippen molar-refractivity contribution in [3.8, 4) is 0 Å². The molecule has 0 aliphatic carbocycles. The third kappa shape index (κ3) is 2.53. The van der Waals surface area contributed by atoms with Crippen molar-refractivity contribution in [3.63, 3.8) is 0 Å². The average molecular weight is 246 g/mol. The number of hydrogen-bond acceptors (Lipinski definition) is 4. The predicted octanol–water partition coefficient (Wildman–Crippen LogP) is 2.94. The fraction of sp³-hybridized carbons (Fsp3) is 0.231. The van der Waals surface area contributed by atoms with E-state index >= 15 is 0 Å². The molecule has 0 unspecified atom stereocenters. The zero-order valence-corrected chi connectivity index (χ0v) is 10.9. The standard InChI is InChI=1S/C13H14N2OS/c1-9(8-15(2)3)13(16)12-6-10-7-14-5-4-11(10)17-12/h4-8H,1-3H3. The summed E-state index contributed by atoms with van der Waals surface area (Å²) in [6.07, 6.45) is 5.37. The third-order valence-electron chi connectivity index (χ3n) is 2.35. The van der Waals surface area contributed by atoms with Crippen molar-refractivity contribution in [1.82, 2.24) is 9.88 Å². The molecule has 17 heavy (non-hydrogen) atoms. The first kappa shape index (κ1) is 11.8. The number of rotatable bonds is 3. The summed E-state index contributed by atoms with van der Waals surface area (Å²) in [6, 6.07) is 3.84. The third-order valence-corrected chi connectivity index (χ3v) is 3.47. The molecule has 2 aromatic rings. The number of carbonyl (C=O) groups excluding carboxylic acids is 1. The summed E-state index contributed by atoms with van der Waals surface area (Å²) in [6.45, 7) is 1.84. The van der Waals surface area contributed by atoms with E-state index in [0.717, 1.165) is 20.5 Å². The molecule has 4 heteroatoms. The van der Waals surface area contributed by atoms with Gasteiger partial charge in [-0.1, -0.05) is 0 Å². The molecule has 0 atom stereocenters. The van der Waals surface area contributed by atoms with E-state index in [2.05, 4.69) is 4.98 Å². The predicted molar refractivity (Wildman–Crippen MR) is 71.4 cm³/mol. The molecule has 0 aromatic carbocycles. The number of fused-ring (bicyclic) bond motifs is 1. The lowest BCUT2D eigenvalue weighted by molar-refractivity contribution is 0.103. The molecule has 0 radical (unpaired) electrons. The van der Waals surface area contributed by atoms with Gasteiger partial charge in [0.25, 0.3) is 0 Å². The second-order valence-electron chi connectivity index (χ2n) is 4.13. The summed E-state index contributed by atoms with van der Waals surface area (Å²) in [5.41, 5.74) is 0.745. The van der Waals surface area contributed by atoms with E-state index in [1.165, 1.54) is 11.3 Å². The van der Waals surface area contributed by atoms with Crippen LogP contribution in [0.25, 0.3) is 10.1 Å². The number of thiophene rings is 1. The Morgan fingerprint density at radius 2 is 2.24 bits per heavy atom. The van der Waals surface area contributed by atoms with E-state index in [4.69, 9.17) is 0 Å². The Morgan fingerprint density at radius 1 is 1.47 bits per heavy atom. The second kappa shape index (κ2) is 4.67. The van der Waals surface area contributed by atoms with E-state index in [0.29, 0.717) is 0 Å². The van der Waals surface area contributed by atoms with Crippen molar-refractivity contribution in [2.45, 2.75) is 6.92 Å². The zero-order chi connectivity index (χ0) is 12.4. The molecule has 0 aliphatic rings. The lowest BCUT2D eigenvalue weighted by atomic mass is 10.1. The molecule has 2 heterocycles. The molecule has 0 amide bonds. The highest BCUT2D eigenvalue weighted by atomic mass is 32.1. The summed E-state index contributed by atoms with van der Waals surface area (Å²) < 4.78 is 1.10. The van der Waals surface area contributed by atoms with Crippen molar-refractivity contribution in [2.75, 3.05) is 14.1 Å². The largest absolute Gasteiger partial charge is 0.383 e. The maximum absolute atomic E-state index is 12.1. The van der Waals surface area contributed by atoms with E-state index in [9.17, 15) is 4.79 Å². The molecule has 0 fully saturated rings. The lowest BCUT2D eigenvalue weighted by Gasteiger charge is -2.06. The first-order chi connectivity index (χ1) is 8.08. The van der Waals surface area contributed by atoms with E-state index in [-0.39, 0.29) is 5.78 Å². The van der Waals surface area contributed by atoms with Crippen LogP contribution in [0.5, 0.6) is 0 Å². The topological polar surface area (TPSA) is 33.2 Å². The molecule has 0 aliphatic heterocycles. The van der Waals surface area contributed by atoms with Crippen LogP contribution in [0.3, 0.4) is 0 Å². The Morgan fingerprint density at radius 3 is 2.88 bits per heavy atom. The molecule has 2 rings (SSSR count). The van der Waals surface area contributed by atoms with Crippen LogP contribution in [0.2, 0.25) is 0 Å². The Kier molecular flexibility index (Phi) is 3.24.